The Balaban J connectivity index is 6.80. The molecule has 0 aromatic heterocycles. The Morgan fingerprint density at radius 2 is 1.27 bits per heavy atom. The van der Waals surface area contributed by atoms with Crippen molar-refractivity contribution in [2.24, 2.45) is 0 Å². The average Bonchev–Trinajstić information content (AvgIpc) is 2.47. The van der Waals surface area contributed by atoms with E-state index in [-0.39, 0.29) is 5.57 Å². The number of esters is 1. The largest absolute Gasteiger partial charge is 0.479 e. The highest BCUT2D eigenvalue weighted by Gasteiger charge is 2.64. The zero-order valence-electron chi connectivity index (χ0n) is 20.5. The Morgan fingerprint density at radius 1 is 0.933 bits per heavy atom. The zero-order chi connectivity index (χ0) is 24.3. The molecule has 3 N–H and O–H groups in total. The van der Waals surface area contributed by atoms with E-state index < -0.39 is 63.8 Å². The highest BCUT2D eigenvalue weighted by molar-refractivity contribution is 6.90. The van der Waals surface area contributed by atoms with Gasteiger partial charge in [-0.05, 0) is 65.8 Å². The molecule has 0 saturated heterocycles. The fraction of sp³-hybridized carbons (Fsp3) is 0.833. The molecule has 0 saturated carbocycles. The quantitative estimate of drug-likeness (QED) is 0.163. The van der Waals surface area contributed by atoms with E-state index in [1.807, 2.05) is 58.9 Å². The predicted octanol–water partition coefficient (Wildman–Crippen LogP) is 3.03. The lowest BCUT2D eigenvalue weighted by Gasteiger charge is -2.49. The summed E-state index contributed by atoms with van der Waals surface area (Å²) in [6.45, 7) is 23.5. The van der Waals surface area contributed by atoms with Gasteiger partial charge >= 0.3 is 14.8 Å². The maximum Gasteiger partial charge on any atom is 0.479 e. The molecule has 8 nitrogen and oxygen atoms in total. The summed E-state index contributed by atoms with van der Waals surface area (Å²) in [6.07, 6.45) is -1.79. The summed E-state index contributed by atoms with van der Waals surface area (Å²) in [5.41, 5.74) is -1.03. The lowest BCUT2D eigenvalue weighted by Crippen LogP contribution is -2.69. The molecule has 178 valence electrons. The molecule has 0 spiro atoms. The molecule has 0 amide bonds. The van der Waals surface area contributed by atoms with E-state index in [9.17, 15) is 20.1 Å². The Labute approximate surface area is 186 Å². The third-order valence-electron chi connectivity index (χ3n) is 3.75. The monoisotopic (exact) mass is 498 g/mol. The van der Waals surface area contributed by atoms with E-state index in [0.29, 0.717) is 0 Å². The van der Waals surface area contributed by atoms with Crippen LogP contribution in [0.4, 0.5) is 0 Å². The summed E-state index contributed by atoms with van der Waals surface area (Å²) < 4.78 is 25.0. The molecule has 0 aliphatic heterocycles. The van der Waals surface area contributed by atoms with Gasteiger partial charge in [-0.2, -0.15) is 0 Å². The molecule has 0 heterocycles. The summed E-state index contributed by atoms with van der Waals surface area (Å²) in [5.74, 6) is -3.38. The van der Waals surface area contributed by atoms with Gasteiger partial charge in [0, 0.05) is 5.57 Å². The maximum absolute atomic E-state index is 12.3. The van der Waals surface area contributed by atoms with Crippen LogP contribution in [0.5, 0.6) is 0 Å². The second-order valence-corrected chi connectivity index (χ2v) is 27.8. The van der Waals surface area contributed by atoms with Crippen LogP contribution in [0.1, 0.15) is 13.8 Å². The number of rotatable bonds is 12. The van der Waals surface area contributed by atoms with Crippen molar-refractivity contribution in [2.45, 2.75) is 90.2 Å². The first-order valence-corrected chi connectivity index (χ1v) is 22.1. The molecule has 0 aliphatic rings. The van der Waals surface area contributed by atoms with Crippen LogP contribution < -0.4 is 0 Å². The van der Waals surface area contributed by atoms with Crippen molar-refractivity contribution < 1.29 is 37.2 Å². The van der Waals surface area contributed by atoms with E-state index in [2.05, 4.69) is 6.58 Å². The number of aliphatic hydroxyl groups excluding tert-OH is 2. The van der Waals surface area contributed by atoms with Crippen molar-refractivity contribution in [3.8, 4) is 0 Å². The van der Waals surface area contributed by atoms with Gasteiger partial charge in [0.25, 0.3) is 0 Å². The summed E-state index contributed by atoms with van der Waals surface area (Å²) >= 11 is 0. The summed E-state index contributed by atoms with van der Waals surface area (Å²) in [7, 11) is -10.7. The van der Waals surface area contributed by atoms with Crippen LogP contribution in [-0.2, 0) is 21.9 Å². The van der Waals surface area contributed by atoms with E-state index in [0.717, 1.165) is 0 Å². The number of carbonyl (C=O) groups is 1. The van der Waals surface area contributed by atoms with Crippen LogP contribution >= 0.6 is 0 Å². The fourth-order valence-corrected chi connectivity index (χ4v) is 17.4. The molecule has 3 unspecified atom stereocenters. The van der Waals surface area contributed by atoms with Gasteiger partial charge in [-0.3, -0.25) is 0 Å². The topological polar surface area (TPSA) is 115 Å². The standard InChI is InChI=1S/C18H42O8Si4/c1-14(2)17(21)23-18(22,16(20)13-19)15(3)30(24-27(4,5)6,25-28(7,8)9)26-29(10,11)12/h15-16,19-20,22H,1,13H2,2-12H3. The molecule has 0 aliphatic carbocycles. The van der Waals surface area contributed by atoms with Crippen molar-refractivity contribution in [3.63, 3.8) is 0 Å². The lowest BCUT2D eigenvalue weighted by atomic mass is 10.1. The first-order valence-electron chi connectivity index (χ1n) is 10.1. The van der Waals surface area contributed by atoms with Crippen molar-refractivity contribution in [3.05, 3.63) is 12.2 Å². The van der Waals surface area contributed by atoms with E-state index in [4.69, 9.17) is 17.1 Å². The molecule has 0 aromatic rings. The van der Waals surface area contributed by atoms with Crippen LogP contribution in [0.15, 0.2) is 12.2 Å². The highest BCUT2D eigenvalue weighted by atomic mass is 28.5. The average molecular weight is 499 g/mol. The lowest BCUT2D eigenvalue weighted by molar-refractivity contribution is -0.254. The van der Waals surface area contributed by atoms with Crippen LogP contribution in [0.2, 0.25) is 64.5 Å². The maximum atomic E-state index is 12.3. The van der Waals surface area contributed by atoms with Gasteiger partial charge in [-0.1, -0.05) is 13.5 Å². The third-order valence-corrected chi connectivity index (χ3v) is 16.0. The highest BCUT2D eigenvalue weighted by Crippen LogP contribution is 2.43. The summed E-state index contributed by atoms with van der Waals surface area (Å²) in [6, 6.07) is 0. The molecule has 0 radical (unpaired) electrons. The molecule has 12 heteroatoms. The predicted molar refractivity (Wildman–Crippen MR) is 127 cm³/mol. The summed E-state index contributed by atoms with van der Waals surface area (Å²) in [4.78, 5) is 12.3. The number of ether oxygens (including phenoxy) is 1. The molecule has 0 aromatic carbocycles. The van der Waals surface area contributed by atoms with Crippen molar-refractivity contribution >= 4 is 39.7 Å². The molecular weight excluding hydrogens is 457 g/mol. The molecule has 0 rings (SSSR count). The fourth-order valence-electron chi connectivity index (χ4n) is 2.67. The molecular formula is C18H42O8Si4. The van der Waals surface area contributed by atoms with Crippen molar-refractivity contribution in [1.82, 2.24) is 0 Å². The molecule has 0 fully saturated rings. The Bertz CT molecular complexity index is 568. The minimum absolute atomic E-state index is 0.0429. The van der Waals surface area contributed by atoms with Gasteiger partial charge < -0.3 is 32.4 Å². The van der Waals surface area contributed by atoms with Gasteiger partial charge in [-0.25, -0.2) is 4.79 Å². The smallest absolute Gasteiger partial charge is 0.427 e. The molecule has 0 bridgehead atoms. The minimum Gasteiger partial charge on any atom is -0.427 e. The van der Waals surface area contributed by atoms with Gasteiger partial charge in [0.2, 0.25) is 5.79 Å². The number of carbonyl (C=O) groups excluding carboxylic acids is 1. The minimum atomic E-state index is -3.76. The number of hydrogen-bond acceptors (Lipinski definition) is 8. The second-order valence-electron chi connectivity index (χ2n) is 10.6. The zero-order valence-corrected chi connectivity index (χ0v) is 24.5. The Hall–Kier alpha value is -0.162. The third kappa shape index (κ3) is 9.14. The SMILES string of the molecule is C=C(C)C(=O)OC(O)(C(O)CO)C(C)[Si](O[Si](C)(C)C)(O[Si](C)(C)C)O[Si](C)(C)C. The van der Waals surface area contributed by atoms with Gasteiger partial charge in [0.05, 0.1) is 12.1 Å². The Morgan fingerprint density at radius 3 is 1.50 bits per heavy atom. The normalized spacial score (nSPS) is 17.8. The summed E-state index contributed by atoms with van der Waals surface area (Å²) in [5, 5.41) is 31.6. The first-order chi connectivity index (χ1) is 13.1. The van der Waals surface area contributed by atoms with Crippen molar-refractivity contribution in [1.29, 1.82) is 0 Å². The van der Waals surface area contributed by atoms with Gasteiger partial charge in [0.1, 0.15) is 6.10 Å². The van der Waals surface area contributed by atoms with E-state index in [1.165, 1.54) is 6.92 Å². The van der Waals surface area contributed by atoms with Crippen LogP contribution in [0.25, 0.3) is 0 Å². The van der Waals surface area contributed by atoms with Gasteiger partial charge in [0.15, 0.2) is 25.0 Å². The number of aliphatic hydroxyl groups is 3. The van der Waals surface area contributed by atoms with E-state index in [1.54, 1.807) is 6.92 Å². The second kappa shape index (κ2) is 10.2. The van der Waals surface area contributed by atoms with Crippen LogP contribution in [0.3, 0.4) is 0 Å². The van der Waals surface area contributed by atoms with Crippen LogP contribution in [0, 0.1) is 0 Å². The van der Waals surface area contributed by atoms with Crippen molar-refractivity contribution in [2.75, 3.05) is 6.61 Å². The van der Waals surface area contributed by atoms with E-state index >= 15 is 0 Å². The van der Waals surface area contributed by atoms with Gasteiger partial charge in [-0.15, -0.1) is 0 Å². The van der Waals surface area contributed by atoms with Crippen LogP contribution in [-0.4, -0.2) is 73.5 Å². The number of hydrogen-bond donors (Lipinski definition) is 3. The Kier molecular flexibility index (Phi) is 10.1. The molecule has 30 heavy (non-hydrogen) atoms. The molecule has 3 atom stereocenters. The first kappa shape index (κ1) is 29.8.